The predicted octanol–water partition coefficient (Wildman–Crippen LogP) is 1.12. The maximum absolute atomic E-state index is 11.3. The number of nitrogens with one attached hydrogen (secondary N) is 1. The highest BCUT2D eigenvalue weighted by atomic mass is 16.1. The highest BCUT2D eigenvalue weighted by molar-refractivity contribution is 6.01. The molecular weight excluding hydrogens is 228 g/mol. The summed E-state index contributed by atoms with van der Waals surface area (Å²) in [6.07, 6.45) is 2.11. The SMILES string of the molecule is CN(C)CCCCNc1c(N)cccc1C(N)=O. The summed E-state index contributed by atoms with van der Waals surface area (Å²) >= 11 is 0. The van der Waals surface area contributed by atoms with E-state index in [1.54, 1.807) is 18.2 Å². The summed E-state index contributed by atoms with van der Waals surface area (Å²) in [6.45, 7) is 1.83. The first kappa shape index (κ1) is 14.3. The van der Waals surface area contributed by atoms with Gasteiger partial charge in [0.2, 0.25) is 0 Å². The summed E-state index contributed by atoms with van der Waals surface area (Å²) < 4.78 is 0. The maximum atomic E-state index is 11.3. The van der Waals surface area contributed by atoms with Crippen molar-refractivity contribution >= 4 is 17.3 Å². The molecule has 5 nitrogen and oxygen atoms in total. The van der Waals surface area contributed by atoms with Gasteiger partial charge in [0.15, 0.2) is 0 Å². The van der Waals surface area contributed by atoms with Gasteiger partial charge >= 0.3 is 0 Å². The Morgan fingerprint density at radius 3 is 2.67 bits per heavy atom. The number of carbonyl (C=O) groups excluding carboxylic acids is 1. The molecule has 5 heteroatoms. The predicted molar refractivity (Wildman–Crippen MR) is 75.7 cm³/mol. The van der Waals surface area contributed by atoms with Crippen LogP contribution in [0.4, 0.5) is 11.4 Å². The number of nitrogen functional groups attached to an aromatic ring is 1. The smallest absolute Gasteiger partial charge is 0.250 e. The van der Waals surface area contributed by atoms with Crippen molar-refractivity contribution in [1.29, 1.82) is 0 Å². The molecule has 0 aromatic heterocycles. The fourth-order valence-electron chi connectivity index (χ4n) is 1.74. The maximum Gasteiger partial charge on any atom is 0.250 e. The number of rotatable bonds is 7. The normalized spacial score (nSPS) is 10.6. The molecule has 0 fully saturated rings. The molecule has 1 rings (SSSR count). The van der Waals surface area contributed by atoms with Gasteiger partial charge in [0.25, 0.3) is 5.91 Å². The lowest BCUT2D eigenvalue weighted by molar-refractivity contribution is 0.100. The lowest BCUT2D eigenvalue weighted by atomic mass is 10.1. The Morgan fingerprint density at radius 2 is 2.06 bits per heavy atom. The van der Waals surface area contributed by atoms with Crippen molar-refractivity contribution in [3.8, 4) is 0 Å². The third-order valence-corrected chi connectivity index (χ3v) is 2.70. The van der Waals surface area contributed by atoms with Gasteiger partial charge in [-0.25, -0.2) is 0 Å². The van der Waals surface area contributed by atoms with Crippen molar-refractivity contribution in [2.45, 2.75) is 12.8 Å². The Morgan fingerprint density at radius 1 is 1.33 bits per heavy atom. The molecule has 0 bridgehead atoms. The van der Waals surface area contributed by atoms with Crippen molar-refractivity contribution in [3.63, 3.8) is 0 Å². The van der Waals surface area contributed by atoms with E-state index in [4.69, 9.17) is 11.5 Å². The number of amides is 1. The number of anilines is 2. The molecule has 1 amide bonds. The van der Waals surface area contributed by atoms with Crippen LogP contribution in [0.3, 0.4) is 0 Å². The molecule has 5 N–H and O–H groups in total. The van der Waals surface area contributed by atoms with Gasteiger partial charge in [-0.1, -0.05) is 6.07 Å². The zero-order valence-electron chi connectivity index (χ0n) is 11.1. The van der Waals surface area contributed by atoms with Gasteiger partial charge in [-0.05, 0) is 45.6 Å². The molecule has 0 saturated heterocycles. The lowest BCUT2D eigenvalue weighted by Gasteiger charge is -2.13. The number of para-hydroxylation sites is 1. The van der Waals surface area contributed by atoms with E-state index in [1.165, 1.54) is 0 Å². The largest absolute Gasteiger partial charge is 0.397 e. The standard InChI is InChI=1S/C13H22N4O/c1-17(2)9-4-3-8-16-12-10(13(15)18)6-5-7-11(12)14/h5-7,16H,3-4,8-9,14H2,1-2H3,(H2,15,18). The van der Waals surface area contributed by atoms with E-state index in [-0.39, 0.29) is 0 Å². The molecule has 0 radical (unpaired) electrons. The number of primary amides is 1. The van der Waals surface area contributed by atoms with Crippen molar-refractivity contribution in [2.75, 3.05) is 38.2 Å². The Bertz CT molecular complexity index is 404. The molecule has 0 aliphatic rings. The molecule has 0 aliphatic carbocycles. The van der Waals surface area contributed by atoms with Crippen molar-refractivity contribution in [1.82, 2.24) is 4.90 Å². The first-order valence-electron chi connectivity index (χ1n) is 6.09. The fraction of sp³-hybridized carbons (Fsp3) is 0.462. The van der Waals surface area contributed by atoms with Gasteiger partial charge in [0.05, 0.1) is 16.9 Å². The average molecular weight is 250 g/mol. The zero-order chi connectivity index (χ0) is 13.5. The summed E-state index contributed by atoms with van der Waals surface area (Å²) in [5.74, 6) is -0.460. The van der Waals surface area contributed by atoms with Crippen LogP contribution in [-0.4, -0.2) is 38.0 Å². The molecule has 1 aromatic carbocycles. The molecule has 0 unspecified atom stereocenters. The summed E-state index contributed by atoms with van der Waals surface area (Å²) in [5, 5.41) is 3.19. The molecule has 0 spiro atoms. The highest BCUT2D eigenvalue weighted by Gasteiger charge is 2.09. The number of unbranched alkanes of at least 4 members (excludes halogenated alkanes) is 1. The van der Waals surface area contributed by atoms with Crippen LogP contribution in [0, 0.1) is 0 Å². The van der Waals surface area contributed by atoms with Gasteiger partial charge < -0.3 is 21.7 Å². The first-order valence-corrected chi connectivity index (χ1v) is 6.09. The molecule has 100 valence electrons. The molecule has 18 heavy (non-hydrogen) atoms. The Hall–Kier alpha value is -1.75. The summed E-state index contributed by atoms with van der Waals surface area (Å²) in [6, 6.07) is 5.17. The number of carbonyl (C=O) groups is 1. The molecular formula is C13H22N4O. The summed E-state index contributed by atoms with van der Waals surface area (Å²) in [4.78, 5) is 13.4. The van der Waals surface area contributed by atoms with Crippen LogP contribution in [0.25, 0.3) is 0 Å². The quantitative estimate of drug-likeness (QED) is 0.500. The molecule has 0 atom stereocenters. The van der Waals surface area contributed by atoms with Crippen molar-refractivity contribution in [3.05, 3.63) is 23.8 Å². The number of hydrogen-bond acceptors (Lipinski definition) is 4. The highest BCUT2D eigenvalue weighted by Crippen LogP contribution is 2.22. The third kappa shape index (κ3) is 4.25. The van der Waals surface area contributed by atoms with E-state index in [0.717, 1.165) is 25.9 Å². The van der Waals surface area contributed by atoms with Crippen LogP contribution in [0.1, 0.15) is 23.2 Å². The second-order valence-corrected chi connectivity index (χ2v) is 4.57. The van der Waals surface area contributed by atoms with Crippen LogP contribution >= 0.6 is 0 Å². The van der Waals surface area contributed by atoms with E-state index in [9.17, 15) is 4.79 Å². The molecule has 0 aliphatic heterocycles. The second-order valence-electron chi connectivity index (χ2n) is 4.57. The third-order valence-electron chi connectivity index (χ3n) is 2.70. The van der Waals surface area contributed by atoms with Crippen LogP contribution in [-0.2, 0) is 0 Å². The summed E-state index contributed by atoms with van der Waals surface area (Å²) in [7, 11) is 4.10. The molecule has 1 aromatic rings. The number of nitrogens with two attached hydrogens (primary N) is 2. The monoisotopic (exact) mass is 250 g/mol. The fourth-order valence-corrected chi connectivity index (χ4v) is 1.74. The van der Waals surface area contributed by atoms with Crippen LogP contribution < -0.4 is 16.8 Å². The first-order chi connectivity index (χ1) is 8.52. The van der Waals surface area contributed by atoms with Crippen LogP contribution in [0.5, 0.6) is 0 Å². The Labute approximate surface area is 108 Å². The topological polar surface area (TPSA) is 84.4 Å². The Balaban J connectivity index is 2.53. The van der Waals surface area contributed by atoms with Crippen LogP contribution in [0.15, 0.2) is 18.2 Å². The van der Waals surface area contributed by atoms with Gasteiger partial charge in [-0.15, -0.1) is 0 Å². The van der Waals surface area contributed by atoms with Gasteiger partial charge in [-0.2, -0.15) is 0 Å². The van der Waals surface area contributed by atoms with E-state index in [1.807, 2.05) is 14.1 Å². The van der Waals surface area contributed by atoms with Gasteiger partial charge in [0, 0.05) is 6.54 Å². The minimum absolute atomic E-state index is 0.447. The van der Waals surface area contributed by atoms with E-state index < -0.39 is 5.91 Å². The average Bonchev–Trinajstić information content (AvgIpc) is 2.29. The van der Waals surface area contributed by atoms with Crippen molar-refractivity contribution < 1.29 is 4.79 Å². The number of benzene rings is 1. The Kier molecular flexibility index (Phi) is 5.45. The van der Waals surface area contributed by atoms with E-state index in [2.05, 4.69) is 10.2 Å². The second kappa shape index (κ2) is 6.86. The number of hydrogen-bond donors (Lipinski definition) is 3. The molecule has 0 saturated carbocycles. The molecule has 0 heterocycles. The number of nitrogens with zero attached hydrogens (tertiary/aromatic N) is 1. The van der Waals surface area contributed by atoms with Crippen molar-refractivity contribution in [2.24, 2.45) is 5.73 Å². The summed E-state index contributed by atoms with van der Waals surface area (Å²) in [5.41, 5.74) is 12.8. The minimum Gasteiger partial charge on any atom is -0.397 e. The van der Waals surface area contributed by atoms with E-state index >= 15 is 0 Å². The van der Waals surface area contributed by atoms with Gasteiger partial charge in [-0.3, -0.25) is 4.79 Å². The van der Waals surface area contributed by atoms with Gasteiger partial charge in [0.1, 0.15) is 0 Å². The zero-order valence-corrected chi connectivity index (χ0v) is 11.1. The minimum atomic E-state index is -0.460. The lowest BCUT2D eigenvalue weighted by Crippen LogP contribution is -2.17. The van der Waals surface area contributed by atoms with Crippen LogP contribution in [0.2, 0.25) is 0 Å². The van der Waals surface area contributed by atoms with E-state index in [0.29, 0.717) is 16.9 Å².